The molecule has 1 rings (SSSR count). The van der Waals surface area contributed by atoms with E-state index in [1.807, 2.05) is 6.21 Å². The van der Waals surface area contributed by atoms with Gasteiger partial charge in [-0.05, 0) is 57.4 Å². The molecule has 0 saturated heterocycles. The highest BCUT2D eigenvalue weighted by Gasteiger charge is 2.21. The largest absolute Gasteiger partial charge is 0.328 e. The van der Waals surface area contributed by atoms with E-state index in [4.69, 9.17) is 5.73 Å². The quantitative estimate of drug-likeness (QED) is 0.729. The number of hydrogen-bond acceptors (Lipinski definition) is 2. The first-order valence-corrected chi connectivity index (χ1v) is 6.55. The van der Waals surface area contributed by atoms with Gasteiger partial charge in [-0.15, -0.1) is 0 Å². The lowest BCUT2D eigenvalue weighted by molar-refractivity contribution is 0.277. The highest BCUT2D eigenvalue weighted by molar-refractivity contribution is 5.71. The van der Waals surface area contributed by atoms with Gasteiger partial charge in [-0.1, -0.05) is 13.0 Å². The molecule has 92 valence electrons. The lowest BCUT2D eigenvalue weighted by atomic mass is 9.79. The monoisotopic (exact) mass is 222 g/mol. The molecule has 16 heavy (non-hydrogen) atoms. The van der Waals surface area contributed by atoms with Crippen molar-refractivity contribution in [1.29, 1.82) is 0 Å². The average molecular weight is 222 g/mol. The summed E-state index contributed by atoms with van der Waals surface area (Å²) in [7, 11) is 0. The Balaban J connectivity index is 2.31. The minimum atomic E-state index is 0.396. The normalized spacial score (nSPS) is 29.3. The maximum atomic E-state index is 5.91. The molecule has 2 nitrogen and oxygen atoms in total. The van der Waals surface area contributed by atoms with Crippen molar-refractivity contribution in [3.8, 4) is 0 Å². The number of rotatable bonds is 4. The van der Waals surface area contributed by atoms with Crippen LogP contribution in [0.1, 0.15) is 46.5 Å². The Labute approximate surface area is 100 Å². The summed E-state index contributed by atoms with van der Waals surface area (Å²) < 4.78 is 0. The summed E-state index contributed by atoms with van der Waals surface area (Å²) in [5.41, 5.74) is 5.91. The first-order valence-electron chi connectivity index (χ1n) is 6.55. The van der Waals surface area contributed by atoms with Gasteiger partial charge in [0.15, 0.2) is 0 Å². The SMILES string of the molecule is CC(C)N=C/C=C/C(C)C1CCC(N)CC1. The predicted octanol–water partition coefficient (Wildman–Crippen LogP) is 3.18. The Bertz CT molecular complexity index is 235. The Hall–Kier alpha value is -0.630. The van der Waals surface area contributed by atoms with Crippen LogP contribution < -0.4 is 5.73 Å². The van der Waals surface area contributed by atoms with Crippen LogP contribution in [0.15, 0.2) is 17.1 Å². The standard InChI is InChI=1S/C14H26N2/c1-11(2)16-10-4-5-12(3)13-6-8-14(15)9-7-13/h4-5,10-14H,6-9,15H2,1-3H3/b5-4+,16-10?. The third-order valence-electron chi connectivity index (χ3n) is 3.45. The third kappa shape index (κ3) is 4.93. The fourth-order valence-electron chi connectivity index (χ4n) is 2.27. The van der Waals surface area contributed by atoms with Crippen molar-refractivity contribution in [3.05, 3.63) is 12.2 Å². The van der Waals surface area contributed by atoms with Crippen molar-refractivity contribution in [1.82, 2.24) is 0 Å². The summed E-state index contributed by atoms with van der Waals surface area (Å²) in [6.45, 7) is 6.49. The fourth-order valence-corrected chi connectivity index (χ4v) is 2.27. The van der Waals surface area contributed by atoms with Crippen molar-refractivity contribution < 1.29 is 0 Å². The van der Waals surface area contributed by atoms with Gasteiger partial charge in [-0.2, -0.15) is 0 Å². The Morgan fingerprint density at radius 1 is 1.12 bits per heavy atom. The molecule has 1 unspecified atom stereocenters. The van der Waals surface area contributed by atoms with Crippen molar-refractivity contribution in [2.75, 3.05) is 0 Å². The molecule has 0 aromatic rings. The van der Waals surface area contributed by atoms with Crippen LogP contribution in [0.2, 0.25) is 0 Å². The molecule has 0 aliphatic heterocycles. The summed E-state index contributed by atoms with van der Waals surface area (Å²) in [6, 6.07) is 0.850. The van der Waals surface area contributed by atoms with Gasteiger partial charge in [0.25, 0.3) is 0 Å². The zero-order chi connectivity index (χ0) is 12.0. The van der Waals surface area contributed by atoms with Crippen molar-refractivity contribution in [2.45, 2.75) is 58.5 Å². The molecule has 0 heterocycles. The van der Waals surface area contributed by atoms with E-state index in [-0.39, 0.29) is 0 Å². The lowest BCUT2D eigenvalue weighted by Crippen LogP contribution is -2.28. The fraction of sp³-hybridized carbons (Fsp3) is 0.786. The second-order valence-electron chi connectivity index (χ2n) is 5.31. The molecule has 0 bridgehead atoms. The molecule has 0 spiro atoms. The molecule has 0 aromatic carbocycles. The first-order chi connectivity index (χ1) is 7.59. The zero-order valence-electron chi connectivity index (χ0n) is 10.9. The summed E-state index contributed by atoms with van der Waals surface area (Å²) in [5, 5.41) is 0. The van der Waals surface area contributed by atoms with Crippen LogP contribution >= 0.6 is 0 Å². The lowest BCUT2D eigenvalue weighted by Gasteiger charge is -2.29. The minimum absolute atomic E-state index is 0.396. The summed E-state index contributed by atoms with van der Waals surface area (Å²) >= 11 is 0. The van der Waals surface area contributed by atoms with Gasteiger partial charge < -0.3 is 5.73 Å². The van der Waals surface area contributed by atoms with Gasteiger partial charge in [0, 0.05) is 18.3 Å². The molecule has 1 aliphatic carbocycles. The smallest absolute Gasteiger partial charge is 0.0443 e. The highest BCUT2D eigenvalue weighted by Crippen LogP contribution is 2.29. The molecule has 2 N–H and O–H groups in total. The van der Waals surface area contributed by atoms with E-state index < -0.39 is 0 Å². The van der Waals surface area contributed by atoms with Crippen LogP contribution in [0, 0.1) is 11.8 Å². The molecule has 1 atom stereocenters. The van der Waals surface area contributed by atoms with Gasteiger partial charge in [-0.3, -0.25) is 4.99 Å². The number of nitrogens with two attached hydrogens (primary N) is 1. The van der Waals surface area contributed by atoms with Gasteiger partial charge in [0.05, 0.1) is 0 Å². The Kier molecular flexibility index (Phi) is 5.75. The minimum Gasteiger partial charge on any atom is -0.328 e. The third-order valence-corrected chi connectivity index (χ3v) is 3.45. The van der Waals surface area contributed by atoms with E-state index >= 15 is 0 Å². The highest BCUT2D eigenvalue weighted by atomic mass is 14.7. The van der Waals surface area contributed by atoms with Crippen LogP contribution in [0.5, 0.6) is 0 Å². The predicted molar refractivity (Wildman–Crippen MR) is 71.9 cm³/mol. The number of nitrogens with zero attached hydrogens (tertiary/aromatic N) is 1. The van der Waals surface area contributed by atoms with Gasteiger partial charge in [0.1, 0.15) is 0 Å². The topological polar surface area (TPSA) is 38.4 Å². The molecule has 2 heteroatoms. The van der Waals surface area contributed by atoms with Crippen molar-refractivity contribution >= 4 is 6.21 Å². The molecule has 0 radical (unpaired) electrons. The molecular weight excluding hydrogens is 196 g/mol. The molecule has 1 fully saturated rings. The summed E-state index contributed by atoms with van der Waals surface area (Å²) in [5.74, 6) is 1.48. The van der Waals surface area contributed by atoms with Gasteiger partial charge in [0.2, 0.25) is 0 Å². The first kappa shape index (κ1) is 13.4. The Morgan fingerprint density at radius 2 is 1.75 bits per heavy atom. The van der Waals surface area contributed by atoms with E-state index in [2.05, 4.69) is 37.9 Å². The van der Waals surface area contributed by atoms with Gasteiger partial charge >= 0.3 is 0 Å². The van der Waals surface area contributed by atoms with Crippen LogP contribution in [-0.2, 0) is 0 Å². The summed E-state index contributed by atoms with van der Waals surface area (Å²) in [6.07, 6.45) is 11.3. The van der Waals surface area contributed by atoms with E-state index in [9.17, 15) is 0 Å². The second-order valence-corrected chi connectivity index (χ2v) is 5.31. The molecular formula is C14H26N2. The maximum Gasteiger partial charge on any atom is 0.0443 e. The van der Waals surface area contributed by atoms with Crippen LogP contribution in [0.3, 0.4) is 0 Å². The molecule has 0 amide bonds. The van der Waals surface area contributed by atoms with Crippen molar-refractivity contribution in [2.24, 2.45) is 22.6 Å². The molecule has 0 aromatic heterocycles. The Morgan fingerprint density at radius 3 is 2.31 bits per heavy atom. The van der Waals surface area contributed by atoms with Crippen molar-refractivity contribution in [3.63, 3.8) is 0 Å². The van der Waals surface area contributed by atoms with E-state index in [0.717, 1.165) is 5.92 Å². The second kappa shape index (κ2) is 6.85. The van der Waals surface area contributed by atoms with E-state index in [1.165, 1.54) is 25.7 Å². The zero-order valence-corrected chi connectivity index (χ0v) is 10.9. The van der Waals surface area contributed by atoms with Crippen LogP contribution in [0.25, 0.3) is 0 Å². The number of aliphatic imine (C=N–C) groups is 1. The molecule has 1 aliphatic rings. The summed E-state index contributed by atoms with van der Waals surface area (Å²) in [4.78, 5) is 4.32. The number of allylic oxidation sites excluding steroid dienone is 2. The maximum absolute atomic E-state index is 5.91. The van der Waals surface area contributed by atoms with E-state index in [1.54, 1.807) is 0 Å². The van der Waals surface area contributed by atoms with Gasteiger partial charge in [-0.25, -0.2) is 0 Å². The number of hydrogen-bond donors (Lipinski definition) is 1. The molecule has 1 saturated carbocycles. The van der Waals surface area contributed by atoms with Crippen LogP contribution in [0.4, 0.5) is 0 Å². The van der Waals surface area contributed by atoms with Crippen LogP contribution in [-0.4, -0.2) is 18.3 Å². The average Bonchev–Trinajstić information content (AvgIpc) is 2.25. The van der Waals surface area contributed by atoms with E-state index in [0.29, 0.717) is 18.0 Å².